The van der Waals surface area contributed by atoms with E-state index < -0.39 is 0 Å². The highest BCUT2D eigenvalue weighted by Gasteiger charge is 2.26. The molecule has 5 heteroatoms. The number of ether oxygens (including phenoxy) is 1. The summed E-state index contributed by atoms with van der Waals surface area (Å²) < 4.78 is 5.26. The van der Waals surface area contributed by atoms with Gasteiger partial charge in [-0.25, -0.2) is 4.98 Å². The van der Waals surface area contributed by atoms with Gasteiger partial charge in [0.1, 0.15) is 0 Å². The second kappa shape index (κ2) is 5.77. The van der Waals surface area contributed by atoms with Crippen LogP contribution in [0.15, 0.2) is 0 Å². The van der Waals surface area contributed by atoms with Crippen LogP contribution in [0.3, 0.4) is 0 Å². The van der Waals surface area contributed by atoms with Crippen molar-refractivity contribution in [3.63, 3.8) is 0 Å². The molecular weight excluding hydrogens is 258 g/mol. The van der Waals surface area contributed by atoms with Crippen LogP contribution in [0.4, 0.5) is 5.13 Å². The van der Waals surface area contributed by atoms with Crippen LogP contribution in [0, 0.1) is 12.8 Å². The van der Waals surface area contributed by atoms with E-state index in [1.54, 1.807) is 7.11 Å². The molecule has 1 N–H and O–H groups in total. The molecule has 2 aliphatic rings. The first kappa shape index (κ1) is 13.3. The highest BCUT2D eigenvalue weighted by atomic mass is 32.1. The predicted molar refractivity (Wildman–Crippen MR) is 78.9 cm³/mol. The molecule has 19 heavy (non-hydrogen) atoms. The van der Waals surface area contributed by atoms with Gasteiger partial charge in [-0.3, -0.25) is 0 Å². The van der Waals surface area contributed by atoms with Crippen molar-refractivity contribution in [3.8, 4) is 0 Å². The van der Waals surface area contributed by atoms with Crippen LogP contribution in [0.5, 0.6) is 0 Å². The minimum atomic E-state index is 0.669. The first-order chi connectivity index (χ1) is 9.26. The first-order valence-corrected chi connectivity index (χ1v) is 8.01. The summed E-state index contributed by atoms with van der Waals surface area (Å²) in [5, 5.41) is 4.78. The molecule has 106 valence electrons. The van der Waals surface area contributed by atoms with E-state index in [1.165, 1.54) is 35.0 Å². The molecule has 0 aromatic carbocycles. The minimum absolute atomic E-state index is 0.669. The maximum Gasteiger partial charge on any atom is 0.185 e. The Hall–Kier alpha value is -0.650. The summed E-state index contributed by atoms with van der Waals surface area (Å²) in [7, 11) is 1.79. The number of methoxy groups -OCH3 is 1. The van der Waals surface area contributed by atoms with Crippen molar-refractivity contribution < 1.29 is 4.74 Å². The topological polar surface area (TPSA) is 37.4 Å². The predicted octanol–water partition coefficient (Wildman–Crippen LogP) is 2.18. The van der Waals surface area contributed by atoms with Crippen LogP contribution in [0.1, 0.15) is 29.8 Å². The quantitative estimate of drug-likeness (QED) is 0.867. The Morgan fingerprint density at radius 2 is 2.26 bits per heavy atom. The lowest BCUT2D eigenvalue weighted by Crippen LogP contribution is -2.20. The van der Waals surface area contributed by atoms with Crippen molar-refractivity contribution in [3.05, 3.63) is 10.6 Å². The lowest BCUT2D eigenvalue weighted by atomic mass is 10.1. The van der Waals surface area contributed by atoms with Crippen LogP contribution in [0.2, 0.25) is 0 Å². The fraction of sp³-hybridized carbons (Fsp3) is 0.786. The summed E-state index contributed by atoms with van der Waals surface area (Å²) >= 11 is 1.86. The molecule has 1 saturated heterocycles. The minimum Gasteiger partial charge on any atom is -0.384 e. The molecule has 1 aliphatic carbocycles. The Bertz CT molecular complexity index is 430. The van der Waals surface area contributed by atoms with Crippen LogP contribution >= 0.6 is 11.3 Å². The molecular formula is C14H23N3OS. The molecule has 1 aliphatic heterocycles. The number of thiazole rings is 1. The van der Waals surface area contributed by atoms with Crippen molar-refractivity contribution in [2.24, 2.45) is 5.92 Å². The van der Waals surface area contributed by atoms with E-state index in [2.05, 4.69) is 17.1 Å². The molecule has 1 unspecified atom stereocenters. The Morgan fingerprint density at radius 3 is 3.00 bits per heavy atom. The van der Waals surface area contributed by atoms with Gasteiger partial charge in [-0.15, -0.1) is 11.3 Å². The largest absolute Gasteiger partial charge is 0.384 e. The van der Waals surface area contributed by atoms with Crippen molar-refractivity contribution in [1.29, 1.82) is 0 Å². The molecule has 3 rings (SSSR count). The molecule has 2 heterocycles. The summed E-state index contributed by atoms with van der Waals surface area (Å²) in [6, 6.07) is 0.767. The van der Waals surface area contributed by atoms with Crippen molar-refractivity contribution in [2.75, 3.05) is 31.7 Å². The third kappa shape index (κ3) is 3.27. The summed E-state index contributed by atoms with van der Waals surface area (Å²) in [6.07, 6.45) is 3.91. The lowest BCUT2D eigenvalue weighted by molar-refractivity contribution is 0.161. The molecule has 4 nitrogen and oxygen atoms in total. The van der Waals surface area contributed by atoms with Gasteiger partial charge < -0.3 is 15.0 Å². The van der Waals surface area contributed by atoms with E-state index in [-0.39, 0.29) is 0 Å². The highest BCUT2D eigenvalue weighted by Crippen LogP contribution is 2.31. The number of hydrogen-bond donors (Lipinski definition) is 1. The number of aryl methyl sites for hydroxylation is 1. The summed E-state index contributed by atoms with van der Waals surface area (Å²) in [6.45, 7) is 6.21. The summed E-state index contributed by atoms with van der Waals surface area (Å²) in [4.78, 5) is 8.57. The maximum atomic E-state index is 5.26. The fourth-order valence-electron chi connectivity index (χ4n) is 2.61. The van der Waals surface area contributed by atoms with Gasteiger partial charge in [0.25, 0.3) is 0 Å². The maximum absolute atomic E-state index is 5.26. The summed E-state index contributed by atoms with van der Waals surface area (Å²) in [5.41, 5.74) is 1.20. The monoisotopic (exact) mass is 281 g/mol. The van der Waals surface area contributed by atoms with Gasteiger partial charge in [0.15, 0.2) is 5.13 Å². The van der Waals surface area contributed by atoms with Crippen molar-refractivity contribution in [1.82, 2.24) is 10.3 Å². The average Bonchev–Trinajstić information content (AvgIpc) is 2.98. The van der Waals surface area contributed by atoms with Gasteiger partial charge in [-0.2, -0.15) is 0 Å². The third-order valence-corrected chi connectivity index (χ3v) is 5.19. The molecule has 1 saturated carbocycles. The normalized spacial score (nSPS) is 23.3. The zero-order chi connectivity index (χ0) is 13.2. The van der Waals surface area contributed by atoms with E-state index in [4.69, 9.17) is 9.72 Å². The van der Waals surface area contributed by atoms with Crippen LogP contribution in [-0.2, 0) is 11.3 Å². The smallest absolute Gasteiger partial charge is 0.185 e. The Labute approximate surface area is 119 Å². The second-order valence-corrected chi connectivity index (χ2v) is 6.78. The highest BCUT2D eigenvalue weighted by molar-refractivity contribution is 7.15. The van der Waals surface area contributed by atoms with Crippen molar-refractivity contribution in [2.45, 2.75) is 38.8 Å². The van der Waals surface area contributed by atoms with E-state index in [0.29, 0.717) is 5.92 Å². The molecule has 0 amide bonds. The number of rotatable bonds is 6. The molecule has 2 fully saturated rings. The van der Waals surface area contributed by atoms with E-state index in [1.807, 2.05) is 11.3 Å². The molecule has 1 aromatic heterocycles. The average molecular weight is 281 g/mol. The number of hydrogen-bond acceptors (Lipinski definition) is 5. The van der Waals surface area contributed by atoms with Gasteiger partial charge in [0.2, 0.25) is 0 Å². The number of nitrogens with zero attached hydrogens (tertiary/aromatic N) is 2. The third-order valence-electron chi connectivity index (χ3n) is 3.97. The Balaban J connectivity index is 1.59. The number of anilines is 1. The number of nitrogens with one attached hydrogen (secondary N) is 1. The molecule has 0 spiro atoms. The van der Waals surface area contributed by atoms with Crippen LogP contribution in [0.25, 0.3) is 0 Å². The molecule has 1 aromatic rings. The molecule has 0 radical (unpaired) electrons. The van der Waals surface area contributed by atoms with Gasteiger partial charge in [-0.05, 0) is 26.2 Å². The standard InChI is InChI=1S/C14H23N3OS/c1-10-13(7-15-12-3-4-12)19-14(16-10)17-6-5-11(8-17)9-18-2/h11-12,15H,3-9H2,1-2H3. The van der Waals surface area contributed by atoms with Gasteiger partial charge >= 0.3 is 0 Å². The van der Waals surface area contributed by atoms with Crippen molar-refractivity contribution >= 4 is 16.5 Å². The SMILES string of the molecule is COCC1CCN(c2nc(C)c(CNC3CC3)s2)C1. The lowest BCUT2D eigenvalue weighted by Gasteiger charge is -2.14. The van der Waals surface area contributed by atoms with E-state index in [9.17, 15) is 0 Å². The van der Waals surface area contributed by atoms with Crippen LogP contribution < -0.4 is 10.2 Å². The van der Waals surface area contributed by atoms with Crippen LogP contribution in [-0.4, -0.2) is 37.8 Å². The fourth-order valence-corrected chi connectivity index (χ4v) is 3.66. The first-order valence-electron chi connectivity index (χ1n) is 7.20. The Morgan fingerprint density at radius 1 is 1.42 bits per heavy atom. The second-order valence-electron chi connectivity index (χ2n) is 5.72. The zero-order valence-corrected chi connectivity index (χ0v) is 12.6. The Kier molecular flexibility index (Phi) is 4.05. The zero-order valence-electron chi connectivity index (χ0n) is 11.8. The van der Waals surface area contributed by atoms with E-state index >= 15 is 0 Å². The van der Waals surface area contributed by atoms with Gasteiger partial charge in [-0.1, -0.05) is 0 Å². The molecule has 1 atom stereocenters. The van der Waals surface area contributed by atoms with Gasteiger partial charge in [0.05, 0.1) is 12.3 Å². The van der Waals surface area contributed by atoms with E-state index in [0.717, 1.165) is 32.3 Å². The van der Waals surface area contributed by atoms with Gasteiger partial charge in [0, 0.05) is 43.6 Å². The molecule has 0 bridgehead atoms. The number of aromatic nitrogens is 1. The summed E-state index contributed by atoms with van der Waals surface area (Å²) in [5.74, 6) is 0.669.